The third kappa shape index (κ3) is 4.78. The summed E-state index contributed by atoms with van der Waals surface area (Å²) in [5.74, 6) is -0.474. The van der Waals surface area contributed by atoms with Crippen molar-refractivity contribution in [3.63, 3.8) is 0 Å². The number of hydrogen-bond donors (Lipinski definition) is 2. The molecule has 1 saturated heterocycles. The van der Waals surface area contributed by atoms with E-state index in [9.17, 15) is 14.3 Å². The monoisotopic (exact) mass is 308 g/mol. The van der Waals surface area contributed by atoms with Crippen LogP contribution in [0.1, 0.15) is 44.3 Å². The molecule has 22 heavy (non-hydrogen) atoms. The van der Waals surface area contributed by atoms with Crippen LogP contribution in [0.4, 0.5) is 4.39 Å². The van der Waals surface area contributed by atoms with Crippen molar-refractivity contribution in [1.29, 1.82) is 0 Å². The molecule has 1 amide bonds. The lowest BCUT2D eigenvalue weighted by Crippen LogP contribution is -2.46. The maximum absolute atomic E-state index is 13.1. The van der Waals surface area contributed by atoms with Crippen LogP contribution in [0.2, 0.25) is 0 Å². The summed E-state index contributed by atoms with van der Waals surface area (Å²) in [6.45, 7) is 3.89. The lowest BCUT2D eigenvalue weighted by Gasteiger charge is -2.27. The summed E-state index contributed by atoms with van der Waals surface area (Å²) in [7, 11) is 0. The summed E-state index contributed by atoms with van der Waals surface area (Å²) >= 11 is 0. The smallest absolute Gasteiger partial charge is 0.237 e. The molecule has 4 nitrogen and oxygen atoms in total. The van der Waals surface area contributed by atoms with Gasteiger partial charge in [-0.2, -0.15) is 0 Å². The minimum Gasteiger partial charge on any atom is -0.387 e. The molecule has 1 aliphatic rings. The predicted molar refractivity (Wildman–Crippen MR) is 83.9 cm³/mol. The first kappa shape index (κ1) is 16.9. The number of likely N-dealkylation sites (tertiary alicyclic amines) is 1. The van der Waals surface area contributed by atoms with E-state index in [0.29, 0.717) is 5.56 Å². The Hall–Kier alpha value is -1.46. The van der Waals surface area contributed by atoms with Crippen LogP contribution in [0.25, 0.3) is 0 Å². The zero-order chi connectivity index (χ0) is 15.9. The van der Waals surface area contributed by atoms with Crippen molar-refractivity contribution in [2.45, 2.75) is 44.8 Å². The number of carbonyl (C=O) groups excluding carboxylic acids is 1. The number of rotatable bonds is 5. The van der Waals surface area contributed by atoms with Gasteiger partial charge < -0.3 is 10.4 Å². The number of aliphatic hydroxyl groups excluding tert-OH is 1. The zero-order valence-corrected chi connectivity index (χ0v) is 13.1. The van der Waals surface area contributed by atoms with Crippen LogP contribution in [0.3, 0.4) is 0 Å². The van der Waals surface area contributed by atoms with Gasteiger partial charge in [0.05, 0.1) is 12.1 Å². The van der Waals surface area contributed by atoms with Gasteiger partial charge in [-0.25, -0.2) is 4.39 Å². The Bertz CT molecular complexity index is 487. The van der Waals surface area contributed by atoms with Gasteiger partial charge in [0, 0.05) is 6.54 Å². The van der Waals surface area contributed by atoms with Gasteiger partial charge in [0.1, 0.15) is 5.82 Å². The normalized spacial score (nSPS) is 19.2. The van der Waals surface area contributed by atoms with Crippen LogP contribution in [0, 0.1) is 5.82 Å². The Balaban J connectivity index is 1.83. The first-order valence-corrected chi connectivity index (χ1v) is 8.03. The summed E-state index contributed by atoms with van der Waals surface area (Å²) < 4.78 is 13.1. The molecule has 2 atom stereocenters. The van der Waals surface area contributed by atoms with E-state index in [1.807, 2.05) is 6.92 Å². The van der Waals surface area contributed by atoms with E-state index in [1.165, 1.54) is 25.0 Å². The van der Waals surface area contributed by atoms with Gasteiger partial charge in [0.25, 0.3) is 0 Å². The van der Waals surface area contributed by atoms with Crippen molar-refractivity contribution >= 4 is 5.91 Å². The molecule has 0 aliphatic carbocycles. The number of benzene rings is 1. The summed E-state index contributed by atoms with van der Waals surface area (Å²) in [6, 6.07) is 5.62. The van der Waals surface area contributed by atoms with E-state index in [0.717, 1.165) is 25.9 Å². The fourth-order valence-corrected chi connectivity index (χ4v) is 2.82. The Kier molecular flexibility index (Phi) is 6.34. The van der Waals surface area contributed by atoms with Crippen LogP contribution in [0.5, 0.6) is 0 Å². The second-order valence-electron chi connectivity index (χ2n) is 5.94. The molecule has 0 radical (unpaired) electrons. The second kappa shape index (κ2) is 8.25. The van der Waals surface area contributed by atoms with E-state index in [2.05, 4.69) is 10.2 Å². The number of carbonyl (C=O) groups is 1. The maximum Gasteiger partial charge on any atom is 0.237 e. The van der Waals surface area contributed by atoms with Crippen LogP contribution in [-0.4, -0.2) is 41.6 Å². The number of aliphatic hydroxyl groups is 1. The molecule has 2 unspecified atom stereocenters. The summed E-state index contributed by atoms with van der Waals surface area (Å²) in [5.41, 5.74) is 0.475. The van der Waals surface area contributed by atoms with Gasteiger partial charge in [-0.05, 0) is 50.6 Å². The molecule has 0 bridgehead atoms. The van der Waals surface area contributed by atoms with Gasteiger partial charge in [0.2, 0.25) is 5.91 Å². The highest BCUT2D eigenvalue weighted by Crippen LogP contribution is 2.14. The standard InChI is InChI=1S/C17H25FN2O2/c1-13(20-9-4-2-3-5-10-20)17(22)19-12-16(21)14-7-6-8-15(18)11-14/h6-8,11,13,16,21H,2-5,9-10,12H2,1H3,(H,19,22). The topological polar surface area (TPSA) is 52.6 Å². The van der Waals surface area contributed by atoms with Gasteiger partial charge in [-0.1, -0.05) is 25.0 Å². The summed E-state index contributed by atoms with van der Waals surface area (Å²) in [6.07, 6.45) is 3.82. The molecule has 0 saturated carbocycles. The number of hydrogen-bond acceptors (Lipinski definition) is 3. The Morgan fingerprint density at radius 1 is 1.32 bits per heavy atom. The molecular weight excluding hydrogens is 283 g/mol. The fourth-order valence-electron chi connectivity index (χ4n) is 2.82. The molecular formula is C17H25FN2O2. The highest BCUT2D eigenvalue weighted by atomic mass is 19.1. The van der Waals surface area contributed by atoms with Crippen molar-refractivity contribution in [2.75, 3.05) is 19.6 Å². The van der Waals surface area contributed by atoms with Crippen molar-refractivity contribution in [3.8, 4) is 0 Å². The van der Waals surface area contributed by atoms with E-state index >= 15 is 0 Å². The molecule has 0 spiro atoms. The Morgan fingerprint density at radius 2 is 2.00 bits per heavy atom. The molecule has 2 rings (SSSR count). The number of amides is 1. The minimum absolute atomic E-state index is 0.0858. The van der Waals surface area contributed by atoms with Crippen LogP contribution in [-0.2, 0) is 4.79 Å². The first-order chi connectivity index (χ1) is 10.6. The highest BCUT2D eigenvalue weighted by Gasteiger charge is 2.22. The quantitative estimate of drug-likeness (QED) is 0.877. The van der Waals surface area contributed by atoms with Gasteiger partial charge in [-0.15, -0.1) is 0 Å². The van der Waals surface area contributed by atoms with Crippen LogP contribution < -0.4 is 5.32 Å². The lowest BCUT2D eigenvalue weighted by atomic mass is 10.1. The molecule has 5 heteroatoms. The van der Waals surface area contributed by atoms with Gasteiger partial charge in [-0.3, -0.25) is 9.69 Å². The van der Waals surface area contributed by atoms with Crippen molar-refractivity contribution in [1.82, 2.24) is 10.2 Å². The minimum atomic E-state index is -0.893. The van der Waals surface area contributed by atoms with Crippen LogP contribution in [0.15, 0.2) is 24.3 Å². The summed E-state index contributed by atoms with van der Waals surface area (Å²) in [4.78, 5) is 14.4. The fraction of sp³-hybridized carbons (Fsp3) is 0.588. The van der Waals surface area contributed by atoms with Gasteiger partial charge in [0.15, 0.2) is 0 Å². The van der Waals surface area contributed by atoms with Crippen LogP contribution >= 0.6 is 0 Å². The third-order valence-corrected chi connectivity index (χ3v) is 4.27. The molecule has 2 N–H and O–H groups in total. The lowest BCUT2D eigenvalue weighted by molar-refractivity contribution is -0.126. The van der Waals surface area contributed by atoms with E-state index in [-0.39, 0.29) is 24.3 Å². The summed E-state index contributed by atoms with van der Waals surface area (Å²) in [5, 5.41) is 12.8. The molecule has 122 valence electrons. The maximum atomic E-state index is 13.1. The average Bonchev–Trinajstić information content (AvgIpc) is 2.80. The molecule has 1 heterocycles. The second-order valence-corrected chi connectivity index (χ2v) is 5.94. The van der Waals surface area contributed by atoms with E-state index in [4.69, 9.17) is 0 Å². The third-order valence-electron chi connectivity index (χ3n) is 4.27. The average molecular weight is 308 g/mol. The zero-order valence-electron chi connectivity index (χ0n) is 13.1. The largest absolute Gasteiger partial charge is 0.387 e. The molecule has 1 aromatic carbocycles. The molecule has 0 aromatic heterocycles. The number of nitrogens with zero attached hydrogens (tertiary/aromatic N) is 1. The van der Waals surface area contributed by atoms with Gasteiger partial charge >= 0.3 is 0 Å². The van der Waals surface area contributed by atoms with Crippen molar-refractivity contribution in [2.24, 2.45) is 0 Å². The number of halogens is 1. The van der Waals surface area contributed by atoms with Crippen molar-refractivity contribution < 1.29 is 14.3 Å². The van der Waals surface area contributed by atoms with E-state index < -0.39 is 6.10 Å². The molecule has 1 aliphatic heterocycles. The highest BCUT2D eigenvalue weighted by molar-refractivity contribution is 5.81. The Morgan fingerprint density at radius 3 is 2.64 bits per heavy atom. The SMILES string of the molecule is CC(C(=O)NCC(O)c1cccc(F)c1)N1CCCCCC1. The first-order valence-electron chi connectivity index (χ1n) is 8.03. The number of nitrogens with one attached hydrogen (secondary N) is 1. The van der Waals surface area contributed by atoms with Crippen molar-refractivity contribution in [3.05, 3.63) is 35.6 Å². The molecule has 1 aromatic rings. The van der Waals surface area contributed by atoms with E-state index in [1.54, 1.807) is 12.1 Å². The predicted octanol–water partition coefficient (Wildman–Crippen LogP) is 2.24. The Labute approximate surface area is 131 Å². The molecule has 1 fully saturated rings.